The third-order valence-electron chi connectivity index (χ3n) is 5.59. The SMILES string of the molecule is CCCCCCCCO[C@H]1O[C@@H]2COC(c3ccccc3)O[C@H]2[C@H](O)[C@H]1NC(C)=O. The lowest BCUT2D eigenvalue weighted by Gasteiger charge is -2.47. The van der Waals surface area contributed by atoms with Crippen LogP contribution in [0, 0.1) is 0 Å². The number of nitrogens with one attached hydrogen (secondary N) is 1. The molecule has 1 unspecified atom stereocenters. The van der Waals surface area contributed by atoms with Gasteiger partial charge in [-0.3, -0.25) is 4.79 Å². The first kappa shape index (κ1) is 23.2. The Morgan fingerprint density at radius 3 is 2.60 bits per heavy atom. The molecule has 30 heavy (non-hydrogen) atoms. The van der Waals surface area contributed by atoms with Gasteiger partial charge in [0.1, 0.15) is 24.4 Å². The summed E-state index contributed by atoms with van der Waals surface area (Å²) in [5, 5.41) is 13.8. The van der Waals surface area contributed by atoms with Gasteiger partial charge in [-0.15, -0.1) is 0 Å². The van der Waals surface area contributed by atoms with E-state index in [4.69, 9.17) is 18.9 Å². The van der Waals surface area contributed by atoms with Gasteiger partial charge in [0, 0.05) is 19.1 Å². The molecular formula is C23H35NO6. The van der Waals surface area contributed by atoms with Gasteiger partial charge in [0.2, 0.25) is 5.91 Å². The largest absolute Gasteiger partial charge is 0.388 e. The first-order valence-corrected chi connectivity index (χ1v) is 11.1. The average molecular weight is 422 g/mol. The van der Waals surface area contributed by atoms with Crippen LogP contribution in [0.15, 0.2) is 30.3 Å². The predicted molar refractivity (Wildman–Crippen MR) is 112 cm³/mol. The highest BCUT2D eigenvalue weighted by Crippen LogP contribution is 2.34. The van der Waals surface area contributed by atoms with E-state index in [2.05, 4.69) is 12.2 Å². The molecule has 0 saturated carbocycles. The van der Waals surface area contributed by atoms with Crippen molar-refractivity contribution in [3.63, 3.8) is 0 Å². The second kappa shape index (κ2) is 11.8. The number of hydrogen-bond donors (Lipinski definition) is 2. The summed E-state index contributed by atoms with van der Waals surface area (Å²) < 4.78 is 23.8. The van der Waals surface area contributed by atoms with Crippen molar-refractivity contribution in [1.82, 2.24) is 5.32 Å². The third-order valence-corrected chi connectivity index (χ3v) is 5.59. The van der Waals surface area contributed by atoms with Gasteiger partial charge >= 0.3 is 0 Å². The number of unbranched alkanes of at least 4 members (excludes halogenated alkanes) is 5. The van der Waals surface area contributed by atoms with Crippen molar-refractivity contribution < 1.29 is 28.8 Å². The molecule has 0 aliphatic carbocycles. The molecule has 0 spiro atoms. The summed E-state index contributed by atoms with van der Waals surface area (Å²) in [7, 11) is 0. The first-order valence-electron chi connectivity index (χ1n) is 11.1. The molecule has 0 bridgehead atoms. The van der Waals surface area contributed by atoms with Gasteiger partial charge in [-0.05, 0) is 6.42 Å². The van der Waals surface area contributed by atoms with Gasteiger partial charge in [-0.2, -0.15) is 0 Å². The van der Waals surface area contributed by atoms with Crippen LogP contribution in [0.2, 0.25) is 0 Å². The second-order valence-corrected chi connectivity index (χ2v) is 8.08. The Morgan fingerprint density at radius 1 is 1.13 bits per heavy atom. The highest BCUT2D eigenvalue weighted by Gasteiger charge is 2.50. The molecule has 2 heterocycles. The maximum absolute atomic E-state index is 11.7. The Morgan fingerprint density at radius 2 is 1.87 bits per heavy atom. The van der Waals surface area contributed by atoms with Crippen molar-refractivity contribution >= 4 is 5.91 Å². The van der Waals surface area contributed by atoms with Crippen LogP contribution in [-0.2, 0) is 23.7 Å². The van der Waals surface area contributed by atoms with Crippen molar-refractivity contribution in [2.75, 3.05) is 13.2 Å². The number of hydrogen-bond acceptors (Lipinski definition) is 6. The summed E-state index contributed by atoms with van der Waals surface area (Å²) in [6, 6.07) is 8.88. The summed E-state index contributed by atoms with van der Waals surface area (Å²) in [6.07, 6.45) is 3.58. The number of aliphatic hydroxyl groups excluding tert-OH is 1. The number of carbonyl (C=O) groups excluding carboxylic acids is 1. The molecule has 2 aliphatic rings. The molecule has 2 fully saturated rings. The van der Waals surface area contributed by atoms with E-state index >= 15 is 0 Å². The Hall–Kier alpha value is -1.51. The molecule has 3 rings (SSSR count). The van der Waals surface area contributed by atoms with Crippen LogP contribution in [-0.4, -0.2) is 54.9 Å². The maximum Gasteiger partial charge on any atom is 0.217 e. The smallest absolute Gasteiger partial charge is 0.217 e. The van der Waals surface area contributed by atoms with E-state index < -0.39 is 36.9 Å². The fourth-order valence-corrected chi connectivity index (χ4v) is 3.98. The molecule has 2 aliphatic heterocycles. The molecule has 1 amide bonds. The highest BCUT2D eigenvalue weighted by molar-refractivity contribution is 5.73. The maximum atomic E-state index is 11.7. The lowest BCUT2D eigenvalue weighted by molar-refractivity contribution is -0.344. The standard InChI is InChI=1S/C23H35NO6/c1-3-4-5-6-7-11-14-27-23-19(24-16(2)25)20(26)21-18(29-23)15-28-22(30-21)17-12-9-8-10-13-17/h8-10,12-13,18-23,26H,3-7,11,14-15H2,1-2H3,(H,24,25)/t18-,19-,20-,21-,22?,23+/m1/s1. The molecule has 6 atom stereocenters. The van der Waals surface area contributed by atoms with E-state index in [9.17, 15) is 9.90 Å². The molecule has 0 radical (unpaired) electrons. The van der Waals surface area contributed by atoms with Gasteiger partial charge in [0.25, 0.3) is 0 Å². The van der Waals surface area contributed by atoms with Gasteiger partial charge in [-0.1, -0.05) is 69.4 Å². The van der Waals surface area contributed by atoms with Crippen molar-refractivity contribution in [3.8, 4) is 0 Å². The molecule has 0 aromatic heterocycles. The van der Waals surface area contributed by atoms with Crippen LogP contribution >= 0.6 is 0 Å². The van der Waals surface area contributed by atoms with E-state index in [-0.39, 0.29) is 12.5 Å². The minimum atomic E-state index is -0.961. The number of aliphatic hydroxyl groups is 1. The summed E-state index contributed by atoms with van der Waals surface area (Å²) in [5.41, 5.74) is 0.876. The van der Waals surface area contributed by atoms with Crippen LogP contribution in [0.3, 0.4) is 0 Å². The van der Waals surface area contributed by atoms with Crippen LogP contribution in [0.4, 0.5) is 0 Å². The van der Waals surface area contributed by atoms with Gasteiger partial charge in [0.15, 0.2) is 12.6 Å². The number of benzene rings is 1. The summed E-state index contributed by atoms with van der Waals surface area (Å²) >= 11 is 0. The minimum absolute atomic E-state index is 0.249. The van der Waals surface area contributed by atoms with E-state index in [1.54, 1.807) is 0 Å². The number of fused-ring (bicyclic) bond motifs is 1. The summed E-state index contributed by atoms with van der Waals surface area (Å²) in [6.45, 7) is 4.42. The zero-order chi connectivity index (χ0) is 21.3. The fraction of sp³-hybridized carbons (Fsp3) is 0.696. The van der Waals surface area contributed by atoms with Crippen molar-refractivity contribution in [3.05, 3.63) is 35.9 Å². The molecule has 1 aromatic carbocycles. The Balaban J connectivity index is 1.57. The summed E-state index contributed by atoms with van der Waals surface area (Å²) in [4.78, 5) is 11.7. The number of amides is 1. The van der Waals surface area contributed by atoms with Gasteiger partial charge in [-0.25, -0.2) is 0 Å². The lowest BCUT2D eigenvalue weighted by atomic mass is 9.95. The normalized spacial score (nSPS) is 31.2. The van der Waals surface area contributed by atoms with Crippen LogP contribution < -0.4 is 5.32 Å². The Kier molecular flexibility index (Phi) is 9.08. The zero-order valence-electron chi connectivity index (χ0n) is 18.0. The van der Waals surface area contributed by atoms with Crippen molar-refractivity contribution in [1.29, 1.82) is 0 Å². The van der Waals surface area contributed by atoms with Gasteiger partial charge in [0.05, 0.1) is 6.61 Å². The third kappa shape index (κ3) is 6.25. The first-order chi connectivity index (χ1) is 14.6. The molecule has 2 saturated heterocycles. The van der Waals surface area contributed by atoms with Crippen LogP contribution in [0.5, 0.6) is 0 Å². The fourth-order valence-electron chi connectivity index (χ4n) is 3.98. The predicted octanol–water partition coefficient (Wildman–Crippen LogP) is 3.07. The molecule has 2 N–H and O–H groups in total. The molecule has 168 valence electrons. The molecule has 7 nitrogen and oxygen atoms in total. The van der Waals surface area contributed by atoms with Gasteiger partial charge < -0.3 is 29.4 Å². The molecule has 7 heteroatoms. The topological polar surface area (TPSA) is 86.2 Å². The number of rotatable bonds is 10. The summed E-state index contributed by atoms with van der Waals surface area (Å²) in [5.74, 6) is -0.249. The van der Waals surface area contributed by atoms with E-state index in [0.717, 1.165) is 18.4 Å². The van der Waals surface area contributed by atoms with E-state index in [1.165, 1.54) is 32.6 Å². The van der Waals surface area contributed by atoms with E-state index in [0.29, 0.717) is 6.61 Å². The van der Waals surface area contributed by atoms with Crippen molar-refractivity contribution in [2.24, 2.45) is 0 Å². The lowest BCUT2D eigenvalue weighted by Crippen LogP contribution is -2.66. The quantitative estimate of drug-likeness (QED) is 0.565. The Bertz CT molecular complexity index is 642. The van der Waals surface area contributed by atoms with Crippen LogP contribution in [0.25, 0.3) is 0 Å². The Labute approximate surface area is 179 Å². The minimum Gasteiger partial charge on any atom is -0.388 e. The molecular weight excluding hydrogens is 386 g/mol. The highest BCUT2D eigenvalue weighted by atomic mass is 16.7. The second-order valence-electron chi connectivity index (χ2n) is 8.08. The molecule has 1 aromatic rings. The number of ether oxygens (including phenoxy) is 4. The van der Waals surface area contributed by atoms with Crippen LogP contribution in [0.1, 0.15) is 64.2 Å². The zero-order valence-corrected chi connectivity index (χ0v) is 18.0. The van der Waals surface area contributed by atoms with Crippen molar-refractivity contribution in [2.45, 2.75) is 89.3 Å². The van der Waals surface area contributed by atoms with E-state index in [1.807, 2.05) is 30.3 Å². The monoisotopic (exact) mass is 421 g/mol. The average Bonchev–Trinajstić information content (AvgIpc) is 2.76. The number of carbonyl (C=O) groups is 1.